The molecule has 0 spiro atoms. The highest BCUT2D eigenvalue weighted by Crippen LogP contribution is 2.35. The average molecular weight is 392 g/mol. The number of hydrogen-bond acceptors (Lipinski definition) is 4. The molecule has 4 aromatic rings. The molecule has 0 aliphatic carbocycles. The van der Waals surface area contributed by atoms with Gasteiger partial charge in [-0.2, -0.15) is 0 Å². The summed E-state index contributed by atoms with van der Waals surface area (Å²) in [5.41, 5.74) is 2.43. The number of benzene rings is 2. The van der Waals surface area contributed by atoms with E-state index in [2.05, 4.69) is 55.0 Å². The van der Waals surface area contributed by atoms with Gasteiger partial charge in [0.25, 0.3) is 0 Å². The summed E-state index contributed by atoms with van der Waals surface area (Å²) in [5.74, 6) is 1.76. The summed E-state index contributed by atoms with van der Waals surface area (Å²) < 4.78 is 10.5. The van der Waals surface area contributed by atoms with Crippen LogP contribution >= 0.6 is 22.7 Å². The minimum absolute atomic E-state index is 0.881. The average Bonchev–Trinajstić information content (AvgIpc) is 3.38. The SMILES string of the molecule is COc1ccc(-c2ccc([CH]c3ccc(-c4ccc(OC)cc4)s3)s2)cc1. The lowest BCUT2D eigenvalue weighted by Crippen LogP contribution is -1.81. The van der Waals surface area contributed by atoms with E-state index in [0.29, 0.717) is 0 Å². The van der Waals surface area contributed by atoms with Gasteiger partial charge >= 0.3 is 0 Å². The molecule has 0 atom stereocenters. The van der Waals surface area contributed by atoms with Gasteiger partial charge in [0, 0.05) is 25.9 Å². The Morgan fingerprint density at radius 3 is 1.33 bits per heavy atom. The van der Waals surface area contributed by atoms with E-state index in [1.54, 1.807) is 36.9 Å². The van der Waals surface area contributed by atoms with E-state index < -0.39 is 0 Å². The van der Waals surface area contributed by atoms with Crippen LogP contribution in [0.25, 0.3) is 20.9 Å². The lowest BCUT2D eigenvalue weighted by Gasteiger charge is -2.01. The summed E-state index contributed by atoms with van der Waals surface area (Å²) in [6.45, 7) is 0. The number of ether oxygens (including phenoxy) is 2. The van der Waals surface area contributed by atoms with Gasteiger partial charge in [-0.1, -0.05) is 0 Å². The molecule has 4 heteroatoms. The summed E-state index contributed by atoms with van der Waals surface area (Å²) in [7, 11) is 3.38. The zero-order valence-electron chi connectivity index (χ0n) is 15.1. The number of methoxy groups -OCH3 is 2. The maximum Gasteiger partial charge on any atom is 0.118 e. The van der Waals surface area contributed by atoms with Crippen molar-refractivity contribution in [1.82, 2.24) is 0 Å². The molecule has 2 nitrogen and oxygen atoms in total. The quantitative estimate of drug-likeness (QED) is 0.361. The van der Waals surface area contributed by atoms with Crippen molar-refractivity contribution in [3.05, 3.63) is 89.0 Å². The monoisotopic (exact) mass is 391 g/mol. The lowest BCUT2D eigenvalue weighted by molar-refractivity contribution is 0.415. The van der Waals surface area contributed by atoms with E-state index in [1.165, 1.54) is 30.6 Å². The van der Waals surface area contributed by atoms with Crippen molar-refractivity contribution in [3.8, 4) is 32.4 Å². The summed E-state index contributed by atoms with van der Waals surface area (Å²) in [6, 6.07) is 25.1. The Kier molecular flexibility index (Phi) is 5.28. The number of hydrogen-bond donors (Lipinski definition) is 0. The van der Waals surface area contributed by atoms with Gasteiger partial charge in [-0.05, 0) is 83.9 Å². The normalized spacial score (nSPS) is 10.7. The first-order chi connectivity index (χ1) is 13.2. The van der Waals surface area contributed by atoms with Crippen LogP contribution in [0.15, 0.2) is 72.8 Å². The summed E-state index contributed by atoms with van der Waals surface area (Å²) in [6.07, 6.45) is 2.25. The summed E-state index contributed by atoms with van der Waals surface area (Å²) in [5, 5.41) is 0. The predicted molar refractivity (Wildman–Crippen MR) is 115 cm³/mol. The van der Waals surface area contributed by atoms with Crippen LogP contribution < -0.4 is 9.47 Å². The standard InChI is InChI=1S/C23H19O2S2/c1-24-18-7-3-16(4-8-18)22-13-11-20(26-22)15-21-12-14-23(27-21)17-5-9-19(25-2)10-6-17/h3-15H,1-2H3. The molecule has 1 radical (unpaired) electrons. The molecule has 4 rings (SSSR count). The van der Waals surface area contributed by atoms with E-state index in [1.807, 2.05) is 24.3 Å². The first kappa shape index (κ1) is 17.8. The van der Waals surface area contributed by atoms with Gasteiger partial charge in [-0.15, -0.1) is 22.7 Å². The molecule has 2 aromatic heterocycles. The van der Waals surface area contributed by atoms with E-state index in [0.717, 1.165) is 11.5 Å². The molecule has 135 valence electrons. The van der Waals surface area contributed by atoms with Gasteiger partial charge < -0.3 is 9.47 Å². The Balaban J connectivity index is 1.48. The van der Waals surface area contributed by atoms with Crippen LogP contribution in [-0.2, 0) is 0 Å². The van der Waals surface area contributed by atoms with Crippen molar-refractivity contribution in [2.24, 2.45) is 0 Å². The van der Waals surface area contributed by atoms with Crippen LogP contribution in [0.2, 0.25) is 0 Å². The highest BCUT2D eigenvalue weighted by atomic mass is 32.1. The Bertz CT molecular complexity index is 927. The molecule has 0 amide bonds. The van der Waals surface area contributed by atoms with Crippen molar-refractivity contribution in [3.63, 3.8) is 0 Å². The van der Waals surface area contributed by atoms with Crippen molar-refractivity contribution >= 4 is 22.7 Å². The third kappa shape index (κ3) is 4.07. The van der Waals surface area contributed by atoms with Crippen molar-refractivity contribution in [2.45, 2.75) is 0 Å². The molecule has 0 aliphatic rings. The molecular weight excluding hydrogens is 372 g/mol. The van der Waals surface area contributed by atoms with E-state index in [9.17, 15) is 0 Å². The van der Waals surface area contributed by atoms with Crippen LogP contribution in [0, 0.1) is 6.42 Å². The highest BCUT2D eigenvalue weighted by molar-refractivity contribution is 7.17. The van der Waals surface area contributed by atoms with Crippen LogP contribution in [0.1, 0.15) is 9.75 Å². The molecule has 0 aliphatic heterocycles. The summed E-state index contributed by atoms with van der Waals surface area (Å²) >= 11 is 3.60. The van der Waals surface area contributed by atoms with Gasteiger partial charge in [0.15, 0.2) is 0 Å². The minimum Gasteiger partial charge on any atom is -0.497 e. The first-order valence-electron chi connectivity index (χ1n) is 8.58. The van der Waals surface area contributed by atoms with Gasteiger partial charge in [0.1, 0.15) is 11.5 Å². The molecule has 0 N–H and O–H groups in total. The minimum atomic E-state index is 0.881. The van der Waals surface area contributed by atoms with Crippen LogP contribution in [0.4, 0.5) is 0 Å². The van der Waals surface area contributed by atoms with Gasteiger partial charge in [0.05, 0.1) is 14.2 Å². The Morgan fingerprint density at radius 2 is 0.963 bits per heavy atom. The second-order valence-corrected chi connectivity index (χ2v) is 8.24. The number of thiophene rings is 2. The maximum absolute atomic E-state index is 5.23. The zero-order chi connectivity index (χ0) is 18.6. The molecule has 0 fully saturated rings. The van der Waals surface area contributed by atoms with Crippen LogP contribution in [0.5, 0.6) is 11.5 Å². The van der Waals surface area contributed by atoms with Crippen molar-refractivity contribution in [1.29, 1.82) is 0 Å². The topological polar surface area (TPSA) is 18.5 Å². The molecule has 0 unspecified atom stereocenters. The molecule has 27 heavy (non-hydrogen) atoms. The molecule has 0 saturated heterocycles. The van der Waals surface area contributed by atoms with E-state index in [4.69, 9.17) is 9.47 Å². The molecule has 0 saturated carbocycles. The van der Waals surface area contributed by atoms with Gasteiger partial charge in [-0.3, -0.25) is 0 Å². The molecule has 2 heterocycles. The fraction of sp³-hybridized carbons (Fsp3) is 0.0870. The first-order valence-corrected chi connectivity index (χ1v) is 10.2. The fourth-order valence-electron chi connectivity index (χ4n) is 2.82. The second-order valence-electron chi connectivity index (χ2n) is 6.01. The Labute approximate surface area is 167 Å². The third-order valence-corrected chi connectivity index (χ3v) is 6.45. The molecule has 0 bridgehead atoms. The van der Waals surface area contributed by atoms with Crippen LogP contribution in [0.3, 0.4) is 0 Å². The third-order valence-electron chi connectivity index (χ3n) is 4.29. The van der Waals surface area contributed by atoms with E-state index in [-0.39, 0.29) is 0 Å². The van der Waals surface area contributed by atoms with Crippen molar-refractivity contribution < 1.29 is 9.47 Å². The molecular formula is C23H19O2S2. The number of rotatable bonds is 6. The maximum atomic E-state index is 5.23. The fourth-order valence-corrected chi connectivity index (χ4v) is 4.83. The second kappa shape index (κ2) is 7.99. The molecule has 2 aromatic carbocycles. The largest absolute Gasteiger partial charge is 0.497 e. The Morgan fingerprint density at radius 1 is 0.556 bits per heavy atom. The smallest absolute Gasteiger partial charge is 0.118 e. The Hall–Kier alpha value is -2.56. The summed E-state index contributed by atoms with van der Waals surface area (Å²) in [4.78, 5) is 5.03. The zero-order valence-corrected chi connectivity index (χ0v) is 16.8. The van der Waals surface area contributed by atoms with Crippen molar-refractivity contribution in [2.75, 3.05) is 14.2 Å². The van der Waals surface area contributed by atoms with Gasteiger partial charge in [-0.25, -0.2) is 0 Å². The van der Waals surface area contributed by atoms with E-state index >= 15 is 0 Å². The van der Waals surface area contributed by atoms with Crippen LogP contribution in [-0.4, -0.2) is 14.2 Å². The lowest BCUT2D eigenvalue weighted by atomic mass is 10.2. The highest BCUT2D eigenvalue weighted by Gasteiger charge is 2.08. The van der Waals surface area contributed by atoms with Gasteiger partial charge in [0.2, 0.25) is 0 Å². The predicted octanol–water partition coefficient (Wildman–Crippen LogP) is 6.76.